The predicted molar refractivity (Wildman–Crippen MR) is 124 cm³/mol. The van der Waals surface area contributed by atoms with Crippen LogP contribution in [0.25, 0.3) is 16.7 Å². The number of hydrogen-bond donors (Lipinski definition) is 2. The summed E-state index contributed by atoms with van der Waals surface area (Å²) >= 11 is 3.43. The molecule has 31 heavy (non-hydrogen) atoms. The second-order valence-corrected chi connectivity index (χ2v) is 8.22. The molecule has 4 aromatic rings. The Kier molecular flexibility index (Phi) is 4.71. The smallest absolute Gasteiger partial charge is 0.300 e. The molecule has 1 fully saturated rings. The third kappa shape index (κ3) is 3.16. The number of aliphatic hydroxyl groups is 1. The average molecular weight is 473 g/mol. The van der Waals surface area contributed by atoms with Crippen molar-refractivity contribution in [2.45, 2.75) is 6.04 Å². The van der Waals surface area contributed by atoms with E-state index in [1.165, 1.54) is 4.90 Å². The molecule has 1 atom stereocenters. The fourth-order valence-corrected chi connectivity index (χ4v) is 4.48. The summed E-state index contributed by atoms with van der Waals surface area (Å²) in [4.78, 5) is 30.9. The molecule has 5 rings (SSSR count). The molecule has 1 amide bonds. The first-order valence-electron chi connectivity index (χ1n) is 9.74. The monoisotopic (exact) mass is 472 g/mol. The Morgan fingerprint density at radius 3 is 2.45 bits per heavy atom. The van der Waals surface area contributed by atoms with E-state index in [4.69, 9.17) is 0 Å². The second kappa shape index (κ2) is 7.56. The Balaban J connectivity index is 1.76. The number of aromatic nitrogens is 1. The van der Waals surface area contributed by atoms with Crippen molar-refractivity contribution in [3.63, 3.8) is 0 Å². The van der Waals surface area contributed by atoms with E-state index >= 15 is 0 Å². The van der Waals surface area contributed by atoms with E-state index in [-0.39, 0.29) is 11.3 Å². The summed E-state index contributed by atoms with van der Waals surface area (Å²) in [6, 6.07) is 23.2. The standard InChI is InChI=1S/C25H17BrN2O3/c26-16-9-6-10-17(13-16)28-22(15-7-2-1-3-8-15)21(24(30)25(28)31)23(29)19-14-27-20-12-5-4-11-18(19)20/h1-14,22,27,29H/b23-21-. The van der Waals surface area contributed by atoms with Gasteiger partial charge in [-0.05, 0) is 29.8 Å². The molecular formula is C25H17BrN2O3. The average Bonchev–Trinajstić information content (AvgIpc) is 3.33. The van der Waals surface area contributed by atoms with Gasteiger partial charge in [0.25, 0.3) is 11.7 Å². The largest absolute Gasteiger partial charge is 0.507 e. The van der Waals surface area contributed by atoms with Gasteiger partial charge in [0.2, 0.25) is 0 Å². The minimum Gasteiger partial charge on any atom is -0.507 e. The number of carbonyl (C=O) groups is 2. The van der Waals surface area contributed by atoms with Crippen LogP contribution < -0.4 is 4.90 Å². The summed E-state index contributed by atoms with van der Waals surface area (Å²) < 4.78 is 0.787. The van der Waals surface area contributed by atoms with Crippen LogP contribution >= 0.6 is 15.9 Å². The van der Waals surface area contributed by atoms with E-state index in [1.54, 1.807) is 24.4 Å². The number of para-hydroxylation sites is 1. The molecule has 0 spiro atoms. The van der Waals surface area contributed by atoms with Crippen LogP contribution in [0.4, 0.5) is 5.69 Å². The predicted octanol–water partition coefficient (Wildman–Crippen LogP) is 5.56. The quantitative estimate of drug-likeness (QED) is 0.233. The summed E-state index contributed by atoms with van der Waals surface area (Å²) in [7, 11) is 0. The number of fused-ring (bicyclic) bond motifs is 1. The number of aromatic amines is 1. The Bertz CT molecular complexity index is 1360. The highest BCUT2D eigenvalue weighted by Crippen LogP contribution is 2.43. The molecule has 2 N–H and O–H groups in total. The van der Waals surface area contributed by atoms with Crippen molar-refractivity contribution >= 4 is 50.0 Å². The van der Waals surface area contributed by atoms with Crippen molar-refractivity contribution in [3.8, 4) is 0 Å². The lowest BCUT2D eigenvalue weighted by Crippen LogP contribution is -2.29. The number of anilines is 1. The fourth-order valence-electron chi connectivity index (χ4n) is 4.09. The van der Waals surface area contributed by atoms with E-state index in [2.05, 4.69) is 20.9 Å². The van der Waals surface area contributed by atoms with E-state index in [1.807, 2.05) is 60.7 Å². The van der Waals surface area contributed by atoms with Crippen LogP contribution in [-0.2, 0) is 9.59 Å². The first-order valence-corrected chi connectivity index (χ1v) is 10.5. The topological polar surface area (TPSA) is 73.4 Å². The maximum atomic E-state index is 13.2. The molecule has 0 aliphatic carbocycles. The number of nitrogens with zero attached hydrogens (tertiary/aromatic N) is 1. The number of nitrogens with one attached hydrogen (secondary N) is 1. The maximum absolute atomic E-state index is 13.2. The van der Waals surface area contributed by atoms with E-state index in [0.717, 1.165) is 20.9 Å². The van der Waals surface area contributed by atoms with Crippen molar-refractivity contribution in [1.29, 1.82) is 0 Å². The number of aliphatic hydroxyl groups excluding tert-OH is 1. The Morgan fingerprint density at radius 2 is 1.68 bits per heavy atom. The molecule has 1 saturated heterocycles. The van der Waals surface area contributed by atoms with Crippen LogP contribution in [0.1, 0.15) is 17.2 Å². The molecular weight excluding hydrogens is 456 g/mol. The van der Waals surface area contributed by atoms with E-state index in [9.17, 15) is 14.7 Å². The summed E-state index contributed by atoms with van der Waals surface area (Å²) in [5, 5.41) is 12.1. The molecule has 5 nitrogen and oxygen atoms in total. The number of H-pyrrole nitrogens is 1. The summed E-state index contributed by atoms with van der Waals surface area (Å²) in [5.74, 6) is -1.58. The Labute approximate surface area is 186 Å². The summed E-state index contributed by atoms with van der Waals surface area (Å²) in [5.41, 5.74) is 2.71. The number of benzene rings is 3. The van der Waals surface area contributed by atoms with Crippen LogP contribution in [0.3, 0.4) is 0 Å². The van der Waals surface area contributed by atoms with Crippen molar-refractivity contribution in [1.82, 2.24) is 4.98 Å². The van der Waals surface area contributed by atoms with Gasteiger partial charge in [0.15, 0.2) is 0 Å². The van der Waals surface area contributed by atoms with Gasteiger partial charge in [0, 0.05) is 32.8 Å². The number of carbonyl (C=O) groups excluding carboxylic acids is 2. The highest BCUT2D eigenvalue weighted by atomic mass is 79.9. The van der Waals surface area contributed by atoms with Crippen molar-refractivity contribution in [3.05, 3.63) is 106 Å². The normalized spacial score (nSPS) is 18.1. The molecule has 0 saturated carbocycles. The number of halogens is 1. The third-order valence-corrected chi connectivity index (χ3v) is 5.98. The lowest BCUT2D eigenvalue weighted by atomic mass is 9.95. The zero-order valence-corrected chi connectivity index (χ0v) is 17.8. The van der Waals surface area contributed by atoms with Gasteiger partial charge >= 0.3 is 0 Å². The lowest BCUT2D eigenvalue weighted by molar-refractivity contribution is -0.132. The van der Waals surface area contributed by atoms with Gasteiger partial charge in [-0.2, -0.15) is 0 Å². The van der Waals surface area contributed by atoms with Crippen molar-refractivity contribution in [2.24, 2.45) is 0 Å². The van der Waals surface area contributed by atoms with Gasteiger partial charge in [0.1, 0.15) is 5.76 Å². The van der Waals surface area contributed by atoms with Crippen molar-refractivity contribution < 1.29 is 14.7 Å². The van der Waals surface area contributed by atoms with Gasteiger partial charge in [-0.3, -0.25) is 14.5 Å². The number of ketones is 1. The highest BCUT2D eigenvalue weighted by Gasteiger charge is 2.47. The number of rotatable bonds is 3. The SMILES string of the molecule is O=C1C(=O)N(c2cccc(Br)c2)C(c2ccccc2)/C1=C(/O)c1c[nH]c2ccccc12. The van der Waals surface area contributed by atoms with Gasteiger partial charge in [0.05, 0.1) is 11.6 Å². The first-order chi connectivity index (χ1) is 15.1. The van der Waals surface area contributed by atoms with Crippen LogP contribution in [0, 0.1) is 0 Å². The van der Waals surface area contributed by atoms with Gasteiger partial charge in [-0.15, -0.1) is 0 Å². The first kappa shape index (κ1) is 19.3. The molecule has 1 aliphatic rings. The van der Waals surface area contributed by atoms with E-state index < -0.39 is 17.7 Å². The molecule has 152 valence electrons. The number of Topliss-reactive ketones (excluding diaryl/α,β-unsaturated/α-hetero) is 1. The fraction of sp³-hybridized carbons (Fsp3) is 0.0400. The molecule has 2 heterocycles. The molecule has 6 heteroatoms. The molecule has 1 aromatic heterocycles. The molecule has 3 aromatic carbocycles. The minimum atomic E-state index is -0.746. The van der Waals surface area contributed by atoms with Crippen molar-refractivity contribution in [2.75, 3.05) is 4.90 Å². The Hall–Kier alpha value is -3.64. The molecule has 1 unspecified atom stereocenters. The molecule has 0 bridgehead atoms. The van der Waals surface area contributed by atoms with Crippen LogP contribution in [0.15, 0.2) is 95.1 Å². The summed E-state index contributed by atoms with van der Waals surface area (Å²) in [6.45, 7) is 0. The Morgan fingerprint density at radius 1 is 0.935 bits per heavy atom. The van der Waals surface area contributed by atoms with Crippen LogP contribution in [0.2, 0.25) is 0 Å². The molecule has 0 radical (unpaired) electrons. The third-order valence-electron chi connectivity index (χ3n) is 5.49. The highest BCUT2D eigenvalue weighted by molar-refractivity contribution is 9.10. The van der Waals surface area contributed by atoms with Crippen LogP contribution in [0.5, 0.6) is 0 Å². The lowest BCUT2D eigenvalue weighted by Gasteiger charge is -2.25. The van der Waals surface area contributed by atoms with Gasteiger partial charge in [-0.1, -0.05) is 70.5 Å². The van der Waals surface area contributed by atoms with Gasteiger partial charge in [-0.25, -0.2) is 0 Å². The number of hydrogen-bond acceptors (Lipinski definition) is 3. The van der Waals surface area contributed by atoms with Crippen LogP contribution in [-0.4, -0.2) is 21.8 Å². The van der Waals surface area contributed by atoms with E-state index in [0.29, 0.717) is 11.3 Å². The number of amides is 1. The zero-order valence-electron chi connectivity index (χ0n) is 16.2. The summed E-state index contributed by atoms with van der Waals surface area (Å²) in [6.07, 6.45) is 1.66. The zero-order chi connectivity index (χ0) is 21.5. The van der Waals surface area contributed by atoms with Gasteiger partial charge < -0.3 is 10.1 Å². The second-order valence-electron chi connectivity index (χ2n) is 7.31. The maximum Gasteiger partial charge on any atom is 0.300 e. The molecule has 1 aliphatic heterocycles. The minimum absolute atomic E-state index is 0.0703.